The Morgan fingerprint density at radius 2 is 2.38 bits per heavy atom. The summed E-state index contributed by atoms with van der Waals surface area (Å²) in [4.78, 5) is 10.3. The minimum absolute atomic E-state index is 0.162. The highest BCUT2D eigenvalue weighted by Crippen LogP contribution is 1.93. The van der Waals surface area contributed by atoms with E-state index in [4.69, 9.17) is 5.11 Å². The number of aliphatic hydroxyl groups is 1. The monoisotopic (exact) mass is 180 g/mol. The van der Waals surface area contributed by atoms with Crippen LogP contribution in [-0.4, -0.2) is 27.8 Å². The van der Waals surface area contributed by atoms with Gasteiger partial charge >= 0.3 is 0 Å². The maximum atomic E-state index is 10.3. The van der Waals surface area contributed by atoms with Crippen LogP contribution in [0.3, 0.4) is 0 Å². The van der Waals surface area contributed by atoms with Crippen LogP contribution in [0.2, 0.25) is 0 Å². The smallest absolute Gasteiger partial charge is 0.153 e. The lowest BCUT2D eigenvalue weighted by atomic mass is 10.4. The number of hydrogen-bond donors (Lipinski definition) is 1. The lowest BCUT2D eigenvalue weighted by Gasteiger charge is -1.92. The molecular weight excluding hydrogens is 168 g/mol. The molecule has 0 aliphatic carbocycles. The van der Waals surface area contributed by atoms with Crippen LogP contribution < -0.4 is 0 Å². The molecule has 1 rings (SSSR count). The number of carbonyl (C=O) groups excluding carboxylic acids is 1. The molecule has 0 saturated heterocycles. The normalized spacial score (nSPS) is 10.8. The summed E-state index contributed by atoms with van der Waals surface area (Å²) in [5.74, 6) is 0. The summed E-state index contributed by atoms with van der Waals surface area (Å²) in [6, 6.07) is 0. The highest BCUT2D eigenvalue weighted by Gasteiger charge is 1.93. The van der Waals surface area contributed by atoms with E-state index in [-0.39, 0.29) is 6.61 Å². The van der Waals surface area contributed by atoms with Crippen LogP contribution in [0.1, 0.15) is 16.8 Å². The van der Waals surface area contributed by atoms with Gasteiger partial charge in [0.1, 0.15) is 0 Å². The molecule has 0 atom stereocenters. The number of hydrogen-bond acceptors (Lipinski definition) is 3. The molecule has 0 aliphatic heterocycles. The lowest BCUT2D eigenvalue weighted by Crippen LogP contribution is -1.94. The first-order chi connectivity index (χ1) is 6.36. The summed E-state index contributed by atoms with van der Waals surface area (Å²) < 4.78 is 1.66. The van der Waals surface area contributed by atoms with Crippen molar-refractivity contribution in [2.24, 2.45) is 0 Å². The van der Waals surface area contributed by atoms with E-state index in [1.807, 2.05) is 12.2 Å². The van der Waals surface area contributed by atoms with Crippen molar-refractivity contribution >= 4 is 6.29 Å². The zero-order valence-electron chi connectivity index (χ0n) is 7.26. The third-order valence-electron chi connectivity index (χ3n) is 1.54. The predicted molar refractivity (Wildman–Crippen MR) is 48.5 cm³/mol. The molecule has 0 unspecified atom stereocenters. The SMILES string of the molecule is O=Cc1cnn(C/C=C\CCO)c1. The Bertz CT molecular complexity index is 292. The van der Waals surface area contributed by atoms with E-state index < -0.39 is 0 Å². The number of allylic oxidation sites excluding steroid dienone is 1. The fourth-order valence-electron chi connectivity index (χ4n) is 0.915. The van der Waals surface area contributed by atoms with E-state index in [0.717, 1.165) is 6.29 Å². The third kappa shape index (κ3) is 3.21. The molecule has 0 bridgehead atoms. The highest BCUT2D eigenvalue weighted by atomic mass is 16.2. The van der Waals surface area contributed by atoms with Gasteiger partial charge in [-0.1, -0.05) is 12.2 Å². The van der Waals surface area contributed by atoms with Crippen LogP contribution in [0.4, 0.5) is 0 Å². The second-order valence-corrected chi connectivity index (χ2v) is 2.60. The highest BCUT2D eigenvalue weighted by molar-refractivity contribution is 5.73. The van der Waals surface area contributed by atoms with Gasteiger partial charge in [-0.3, -0.25) is 9.48 Å². The van der Waals surface area contributed by atoms with Crippen LogP contribution in [0, 0.1) is 0 Å². The summed E-state index contributed by atoms with van der Waals surface area (Å²) in [5, 5.41) is 12.4. The van der Waals surface area contributed by atoms with Gasteiger partial charge in [-0.05, 0) is 6.42 Å². The van der Waals surface area contributed by atoms with E-state index in [2.05, 4.69) is 5.10 Å². The minimum Gasteiger partial charge on any atom is -0.396 e. The summed E-state index contributed by atoms with van der Waals surface area (Å²) >= 11 is 0. The van der Waals surface area contributed by atoms with E-state index >= 15 is 0 Å². The van der Waals surface area contributed by atoms with Crippen LogP contribution in [0.5, 0.6) is 0 Å². The number of carbonyl (C=O) groups is 1. The van der Waals surface area contributed by atoms with E-state index in [0.29, 0.717) is 18.5 Å². The van der Waals surface area contributed by atoms with Crippen molar-refractivity contribution in [2.45, 2.75) is 13.0 Å². The fraction of sp³-hybridized carbons (Fsp3) is 0.333. The number of rotatable bonds is 5. The van der Waals surface area contributed by atoms with Crippen LogP contribution >= 0.6 is 0 Å². The largest absolute Gasteiger partial charge is 0.396 e. The Morgan fingerprint density at radius 3 is 3.00 bits per heavy atom. The Balaban J connectivity index is 2.40. The Morgan fingerprint density at radius 1 is 1.54 bits per heavy atom. The summed E-state index contributed by atoms with van der Waals surface area (Å²) in [7, 11) is 0. The first-order valence-electron chi connectivity index (χ1n) is 4.10. The molecule has 0 saturated carbocycles. The zero-order chi connectivity index (χ0) is 9.52. The second kappa shape index (κ2) is 5.27. The molecule has 70 valence electrons. The van der Waals surface area contributed by atoms with Crippen molar-refractivity contribution in [3.8, 4) is 0 Å². The molecule has 4 nitrogen and oxygen atoms in total. The van der Waals surface area contributed by atoms with Gasteiger partial charge in [0.05, 0.1) is 18.3 Å². The standard InChI is InChI=1S/C9H12N2O2/c12-5-3-1-2-4-11-7-9(8-13)6-10-11/h1-2,6-8,12H,3-5H2/b2-1-. The van der Waals surface area contributed by atoms with Crippen molar-refractivity contribution in [3.63, 3.8) is 0 Å². The third-order valence-corrected chi connectivity index (χ3v) is 1.54. The molecule has 0 radical (unpaired) electrons. The Labute approximate surface area is 76.5 Å². The minimum atomic E-state index is 0.162. The molecule has 0 aliphatic rings. The van der Waals surface area contributed by atoms with Crippen LogP contribution in [-0.2, 0) is 6.54 Å². The molecule has 1 aromatic heterocycles. The van der Waals surface area contributed by atoms with Gasteiger partial charge in [-0.25, -0.2) is 0 Å². The number of nitrogens with zero attached hydrogens (tertiary/aromatic N) is 2. The van der Waals surface area contributed by atoms with Gasteiger partial charge in [0.15, 0.2) is 6.29 Å². The van der Waals surface area contributed by atoms with Gasteiger partial charge in [-0.15, -0.1) is 0 Å². The molecule has 1 aromatic rings. The fourth-order valence-corrected chi connectivity index (χ4v) is 0.915. The van der Waals surface area contributed by atoms with Crippen molar-refractivity contribution in [3.05, 3.63) is 30.1 Å². The molecule has 4 heteroatoms. The van der Waals surface area contributed by atoms with E-state index in [9.17, 15) is 4.79 Å². The molecule has 0 amide bonds. The quantitative estimate of drug-likeness (QED) is 0.534. The van der Waals surface area contributed by atoms with Crippen molar-refractivity contribution in [2.75, 3.05) is 6.61 Å². The average Bonchev–Trinajstić information content (AvgIpc) is 2.60. The summed E-state index contributed by atoms with van der Waals surface area (Å²) in [6.45, 7) is 0.795. The molecule has 1 N–H and O–H groups in total. The van der Waals surface area contributed by atoms with Crippen molar-refractivity contribution in [1.82, 2.24) is 9.78 Å². The van der Waals surface area contributed by atoms with E-state index in [1.165, 1.54) is 6.20 Å². The van der Waals surface area contributed by atoms with Gasteiger partial charge < -0.3 is 5.11 Å². The molecular formula is C9H12N2O2. The van der Waals surface area contributed by atoms with Crippen LogP contribution in [0.25, 0.3) is 0 Å². The van der Waals surface area contributed by atoms with Gasteiger partial charge in [0, 0.05) is 12.8 Å². The summed E-state index contributed by atoms with van der Waals surface area (Å²) in [5.41, 5.74) is 0.579. The maximum absolute atomic E-state index is 10.3. The topological polar surface area (TPSA) is 55.1 Å². The summed E-state index contributed by atoms with van der Waals surface area (Å²) in [6.07, 6.45) is 8.39. The molecule has 1 heterocycles. The van der Waals surface area contributed by atoms with Crippen molar-refractivity contribution in [1.29, 1.82) is 0 Å². The Hall–Kier alpha value is -1.42. The van der Waals surface area contributed by atoms with E-state index in [1.54, 1.807) is 10.9 Å². The van der Waals surface area contributed by atoms with Crippen molar-refractivity contribution < 1.29 is 9.90 Å². The second-order valence-electron chi connectivity index (χ2n) is 2.60. The van der Waals surface area contributed by atoms with Gasteiger partial charge in [-0.2, -0.15) is 5.10 Å². The number of aliphatic hydroxyl groups excluding tert-OH is 1. The first kappa shape index (κ1) is 9.67. The Kier molecular flexibility index (Phi) is 3.92. The molecule has 0 fully saturated rings. The number of aldehydes is 1. The molecule has 13 heavy (non-hydrogen) atoms. The lowest BCUT2D eigenvalue weighted by molar-refractivity contribution is 0.112. The molecule has 0 aromatic carbocycles. The average molecular weight is 180 g/mol. The van der Waals surface area contributed by atoms with Gasteiger partial charge in [0.25, 0.3) is 0 Å². The predicted octanol–water partition coefficient (Wildman–Crippen LogP) is 0.634. The van der Waals surface area contributed by atoms with Crippen LogP contribution in [0.15, 0.2) is 24.5 Å². The first-order valence-corrected chi connectivity index (χ1v) is 4.10. The zero-order valence-corrected chi connectivity index (χ0v) is 7.26. The van der Waals surface area contributed by atoms with Gasteiger partial charge in [0.2, 0.25) is 0 Å². The molecule has 0 spiro atoms. The number of aromatic nitrogens is 2. The maximum Gasteiger partial charge on any atom is 0.153 e.